The van der Waals surface area contributed by atoms with Gasteiger partial charge >= 0.3 is 6.03 Å². The highest BCUT2D eigenvalue weighted by Gasteiger charge is 2.12. The highest BCUT2D eigenvalue weighted by Crippen LogP contribution is 2.15. The van der Waals surface area contributed by atoms with Crippen LogP contribution in [-0.4, -0.2) is 40.7 Å². The van der Waals surface area contributed by atoms with Crippen LogP contribution in [0.4, 0.5) is 16.2 Å². The highest BCUT2D eigenvalue weighted by molar-refractivity contribution is 5.89. The minimum atomic E-state index is -0.513. The summed E-state index contributed by atoms with van der Waals surface area (Å²) >= 11 is 0. The van der Waals surface area contributed by atoms with Crippen molar-refractivity contribution in [3.05, 3.63) is 47.0 Å². The van der Waals surface area contributed by atoms with Crippen molar-refractivity contribution in [2.75, 3.05) is 25.0 Å². The number of nitrogens with zero attached hydrogens (tertiary/aromatic N) is 2. The van der Waals surface area contributed by atoms with Crippen molar-refractivity contribution in [1.29, 1.82) is 0 Å². The Hall–Kier alpha value is -2.41. The Morgan fingerprint density at radius 3 is 2.58 bits per heavy atom. The quantitative estimate of drug-likeness (QED) is 0.464. The van der Waals surface area contributed by atoms with Crippen molar-refractivity contribution in [3.8, 4) is 0 Å². The second kappa shape index (κ2) is 7.12. The van der Waals surface area contributed by atoms with E-state index >= 15 is 0 Å². The number of non-ortho nitro benzene ring substituents is 1. The summed E-state index contributed by atoms with van der Waals surface area (Å²) in [5, 5.41) is 21.9. The normalized spacial score (nSPS) is 9.74. The molecule has 0 bridgehead atoms. The summed E-state index contributed by atoms with van der Waals surface area (Å²) < 4.78 is 0. The fourth-order valence-electron chi connectivity index (χ4n) is 1.42. The second-order valence-electron chi connectivity index (χ2n) is 3.69. The van der Waals surface area contributed by atoms with Gasteiger partial charge in [0.2, 0.25) is 0 Å². The first-order valence-corrected chi connectivity index (χ1v) is 5.60. The van der Waals surface area contributed by atoms with E-state index in [0.717, 1.165) is 0 Å². The Morgan fingerprint density at radius 2 is 2.11 bits per heavy atom. The molecule has 0 heterocycles. The first-order chi connectivity index (χ1) is 9.08. The van der Waals surface area contributed by atoms with Gasteiger partial charge in [-0.2, -0.15) is 0 Å². The first-order valence-electron chi connectivity index (χ1n) is 5.60. The maximum Gasteiger partial charge on any atom is 0.322 e. The predicted octanol–water partition coefficient (Wildman–Crippen LogP) is 1.61. The number of benzene rings is 1. The molecule has 7 heteroatoms. The Bertz CT molecular complexity index is 459. The monoisotopic (exact) mass is 265 g/mol. The van der Waals surface area contributed by atoms with Crippen LogP contribution < -0.4 is 5.32 Å². The number of urea groups is 1. The van der Waals surface area contributed by atoms with Crippen molar-refractivity contribution in [1.82, 2.24) is 4.90 Å². The van der Waals surface area contributed by atoms with E-state index in [1.807, 2.05) is 0 Å². The summed E-state index contributed by atoms with van der Waals surface area (Å²) in [6, 6.07) is 5.10. The fourth-order valence-corrected chi connectivity index (χ4v) is 1.42. The maximum atomic E-state index is 11.8. The lowest BCUT2D eigenvalue weighted by atomic mass is 10.3. The topological polar surface area (TPSA) is 95.7 Å². The van der Waals surface area contributed by atoms with Crippen LogP contribution in [0.1, 0.15) is 0 Å². The van der Waals surface area contributed by atoms with Gasteiger partial charge in [0.15, 0.2) is 0 Å². The number of carbonyl (C=O) groups is 1. The number of rotatable bonds is 6. The lowest BCUT2D eigenvalue weighted by molar-refractivity contribution is -0.384. The molecule has 0 atom stereocenters. The predicted molar refractivity (Wildman–Crippen MR) is 71.0 cm³/mol. The van der Waals surface area contributed by atoms with E-state index in [1.54, 1.807) is 6.08 Å². The van der Waals surface area contributed by atoms with Gasteiger partial charge < -0.3 is 15.3 Å². The largest absolute Gasteiger partial charge is 0.395 e. The Balaban J connectivity index is 2.69. The molecule has 0 aliphatic rings. The third kappa shape index (κ3) is 4.40. The minimum absolute atomic E-state index is 0.0451. The van der Waals surface area contributed by atoms with Crippen LogP contribution in [0.15, 0.2) is 36.9 Å². The van der Waals surface area contributed by atoms with Crippen molar-refractivity contribution in [3.63, 3.8) is 0 Å². The van der Waals surface area contributed by atoms with Crippen LogP contribution in [0.5, 0.6) is 0 Å². The molecule has 2 amide bonds. The summed E-state index contributed by atoms with van der Waals surface area (Å²) in [5.41, 5.74) is 0.402. The fraction of sp³-hybridized carbons (Fsp3) is 0.250. The minimum Gasteiger partial charge on any atom is -0.395 e. The maximum absolute atomic E-state index is 11.8. The number of aliphatic hydroxyl groups is 1. The zero-order chi connectivity index (χ0) is 14.3. The summed E-state index contributed by atoms with van der Waals surface area (Å²) in [7, 11) is 0. The summed E-state index contributed by atoms with van der Waals surface area (Å²) in [6.45, 7) is 3.86. The van der Waals surface area contributed by atoms with Crippen molar-refractivity contribution in [2.24, 2.45) is 0 Å². The molecule has 0 spiro atoms. The molecule has 1 rings (SSSR count). The van der Waals surface area contributed by atoms with Gasteiger partial charge in [0.25, 0.3) is 5.69 Å². The Labute approximate surface area is 110 Å². The van der Waals surface area contributed by atoms with Gasteiger partial charge in [-0.15, -0.1) is 6.58 Å². The molecule has 0 fully saturated rings. The summed E-state index contributed by atoms with van der Waals surface area (Å²) in [4.78, 5) is 23.2. The zero-order valence-corrected chi connectivity index (χ0v) is 10.3. The molecule has 7 nitrogen and oxygen atoms in total. The molecule has 19 heavy (non-hydrogen) atoms. The van der Waals surface area contributed by atoms with E-state index in [4.69, 9.17) is 5.11 Å². The molecule has 2 N–H and O–H groups in total. The van der Waals surface area contributed by atoms with Crippen LogP contribution in [-0.2, 0) is 0 Å². The van der Waals surface area contributed by atoms with Crippen LogP contribution >= 0.6 is 0 Å². The molecule has 0 radical (unpaired) electrons. The number of hydrogen-bond acceptors (Lipinski definition) is 4. The number of amides is 2. The van der Waals surface area contributed by atoms with Gasteiger partial charge in [0.1, 0.15) is 0 Å². The molecule has 0 saturated carbocycles. The second-order valence-corrected chi connectivity index (χ2v) is 3.69. The van der Waals surface area contributed by atoms with E-state index in [1.165, 1.54) is 29.2 Å². The molecule has 1 aromatic rings. The lowest BCUT2D eigenvalue weighted by Crippen LogP contribution is -2.37. The standard InChI is InChI=1S/C12H15N3O4/c1-2-7-14(8-9-16)12(17)13-10-3-5-11(6-4-10)15(18)19/h2-6,16H,1,7-9H2,(H,13,17). The molecule has 0 aliphatic heterocycles. The molecule has 0 aliphatic carbocycles. The van der Waals surface area contributed by atoms with Crippen LogP contribution in [0.25, 0.3) is 0 Å². The first kappa shape index (κ1) is 14.7. The number of nitro benzene ring substituents is 1. The van der Waals surface area contributed by atoms with Gasteiger partial charge in [-0.3, -0.25) is 10.1 Å². The van der Waals surface area contributed by atoms with Crippen molar-refractivity contribution in [2.45, 2.75) is 0 Å². The third-order valence-electron chi connectivity index (χ3n) is 2.34. The molecular weight excluding hydrogens is 250 g/mol. The number of anilines is 1. The lowest BCUT2D eigenvalue weighted by Gasteiger charge is -2.20. The van der Waals surface area contributed by atoms with Gasteiger partial charge in [-0.1, -0.05) is 6.08 Å². The Morgan fingerprint density at radius 1 is 1.47 bits per heavy atom. The average molecular weight is 265 g/mol. The SMILES string of the molecule is C=CCN(CCO)C(=O)Nc1ccc([N+](=O)[O-])cc1. The highest BCUT2D eigenvalue weighted by atomic mass is 16.6. The van der Waals surface area contributed by atoms with E-state index in [2.05, 4.69) is 11.9 Å². The van der Waals surface area contributed by atoms with E-state index in [9.17, 15) is 14.9 Å². The Kier molecular flexibility index (Phi) is 5.49. The molecule has 102 valence electrons. The van der Waals surface area contributed by atoms with Gasteiger partial charge in [0.05, 0.1) is 11.5 Å². The van der Waals surface area contributed by atoms with Crippen LogP contribution in [0.2, 0.25) is 0 Å². The average Bonchev–Trinajstić information content (AvgIpc) is 2.39. The van der Waals surface area contributed by atoms with Crippen LogP contribution in [0.3, 0.4) is 0 Å². The van der Waals surface area contributed by atoms with Gasteiger partial charge in [-0.25, -0.2) is 4.79 Å². The van der Waals surface area contributed by atoms with Gasteiger partial charge in [-0.05, 0) is 12.1 Å². The van der Waals surface area contributed by atoms with Crippen molar-refractivity contribution >= 4 is 17.4 Å². The molecule has 0 aromatic heterocycles. The van der Waals surface area contributed by atoms with Crippen LogP contribution in [0, 0.1) is 10.1 Å². The van der Waals surface area contributed by atoms with E-state index in [0.29, 0.717) is 12.2 Å². The van der Waals surface area contributed by atoms with Crippen molar-refractivity contribution < 1.29 is 14.8 Å². The third-order valence-corrected chi connectivity index (χ3v) is 2.34. The number of nitrogens with one attached hydrogen (secondary N) is 1. The molecule has 1 aromatic carbocycles. The smallest absolute Gasteiger partial charge is 0.322 e. The number of hydrogen-bond donors (Lipinski definition) is 2. The summed E-state index contributed by atoms with van der Waals surface area (Å²) in [6.07, 6.45) is 1.55. The zero-order valence-electron chi connectivity index (χ0n) is 10.3. The number of nitro groups is 1. The van der Waals surface area contributed by atoms with E-state index in [-0.39, 0.29) is 18.8 Å². The molecular formula is C12H15N3O4. The number of aliphatic hydroxyl groups excluding tert-OH is 1. The number of carbonyl (C=O) groups excluding carboxylic acids is 1. The van der Waals surface area contributed by atoms with E-state index < -0.39 is 11.0 Å². The summed E-state index contributed by atoms with van der Waals surface area (Å²) in [5.74, 6) is 0. The molecule has 0 unspecified atom stereocenters. The van der Waals surface area contributed by atoms with Gasteiger partial charge in [0, 0.05) is 30.9 Å². The molecule has 0 saturated heterocycles.